The van der Waals surface area contributed by atoms with Crippen molar-refractivity contribution in [1.29, 1.82) is 0 Å². The summed E-state index contributed by atoms with van der Waals surface area (Å²) in [5, 5.41) is 10.6. The van der Waals surface area contributed by atoms with Crippen molar-refractivity contribution in [3.63, 3.8) is 0 Å². The molecule has 0 aromatic rings. The molecule has 0 saturated carbocycles. The van der Waals surface area contributed by atoms with Gasteiger partial charge in [0.2, 0.25) is 5.79 Å². The molecule has 2 aliphatic carbocycles. The van der Waals surface area contributed by atoms with Crippen molar-refractivity contribution in [3.8, 4) is 0 Å². The standard InChI is InChI=1S/C15H18O3/c1-9-5-4-6-14(3)8-15(17)12(7-11(9)14)10(2)13(16)18-15/h4,6-7,10-11,17H,1,5,8H2,2-3H3/t10-,11+,14-,15+/m1/s1. The van der Waals surface area contributed by atoms with Gasteiger partial charge in [-0.3, -0.25) is 4.79 Å². The quantitative estimate of drug-likeness (QED) is 0.527. The van der Waals surface area contributed by atoms with Crippen LogP contribution < -0.4 is 0 Å². The van der Waals surface area contributed by atoms with Gasteiger partial charge in [0, 0.05) is 23.3 Å². The van der Waals surface area contributed by atoms with Crippen molar-refractivity contribution in [1.82, 2.24) is 0 Å². The molecule has 3 rings (SSSR count). The Balaban J connectivity index is 2.12. The van der Waals surface area contributed by atoms with Crippen LogP contribution in [0.25, 0.3) is 0 Å². The zero-order chi connectivity index (χ0) is 13.1. The van der Waals surface area contributed by atoms with E-state index in [-0.39, 0.29) is 23.2 Å². The lowest BCUT2D eigenvalue weighted by Crippen LogP contribution is -2.44. The molecule has 0 spiro atoms. The molecule has 0 bridgehead atoms. The Kier molecular flexibility index (Phi) is 2.18. The fourth-order valence-electron chi connectivity index (χ4n) is 3.54. The van der Waals surface area contributed by atoms with E-state index in [2.05, 4.69) is 25.7 Å². The van der Waals surface area contributed by atoms with Crippen molar-refractivity contribution in [2.24, 2.45) is 17.3 Å². The summed E-state index contributed by atoms with van der Waals surface area (Å²) in [5.41, 5.74) is 1.64. The molecule has 0 aromatic heterocycles. The molecule has 18 heavy (non-hydrogen) atoms. The van der Waals surface area contributed by atoms with E-state index in [0.717, 1.165) is 12.0 Å². The number of ether oxygens (including phenoxy) is 1. The first-order chi connectivity index (χ1) is 8.36. The molecule has 3 aliphatic rings. The Morgan fingerprint density at radius 3 is 3.00 bits per heavy atom. The first-order valence-electron chi connectivity index (χ1n) is 6.38. The Morgan fingerprint density at radius 1 is 1.56 bits per heavy atom. The molecule has 0 radical (unpaired) electrons. The molecule has 4 atom stereocenters. The third-order valence-corrected chi connectivity index (χ3v) is 4.54. The third kappa shape index (κ3) is 1.37. The van der Waals surface area contributed by atoms with Gasteiger partial charge in [-0.1, -0.05) is 37.3 Å². The summed E-state index contributed by atoms with van der Waals surface area (Å²) in [6.45, 7) is 7.99. The van der Waals surface area contributed by atoms with E-state index in [1.807, 2.05) is 6.08 Å². The highest BCUT2D eigenvalue weighted by molar-refractivity contribution is 5.80. The van der Waals surface area contributed by atoms with E-state index in [0.29, 0.717) is 12.0 Å². The van der Waals surface area contributed by atoms with E-state index in [9.17, 15) is 9.90 Å². The number of aliphatic hydroxyl groups is 1. The highest BCUT2D eigenvalue weighted by Gasteiger charge is 2.56. The van der Waals surface area contributed by atoms with Crippen LogP contribution in [0, 0.1) is 17.3 Å². The Labute approximate surface area is 107 Å². The minimum absolute atomic E-state index is 0.190. The summed E-state index contributed by atoms with van der Waals surface area (Å²) >= 11 is 0. The summed E-state index contributed by atoms with van der Waals surface area (Å²) in [4.78, 5) is 11.7. The van der Waals surface area contributed by atoms with Crippen molar-refractivity contribution in [2.75, 3.05) is 0 Å². The SMILES string of the molecule is C=C1CC=C[C@]2(C)C[C@]3(O)OC(=O)[C@H](C)C3=C[C@@H]12. The predicted octanol–water partition coefficient (Wildman–Crippen LogP) is 2.34. The number of rotatable bonds is 0. The zero-order valence-electron chi connectivity index (χ0n) is 10.8. The van der Waals surface area contributed by atoms with Crippen LogP contribution >= 0.6 is 0 Å². The first kappa shape index (κ1) is 11.7. The molecule has 3 nitrogen and oxygen atoms in total. The molecular formula is C15H18O3. The van der Waals surface area contributed by atoms with Gasteiger partial charge in [0.1, 0.15) is 0 Å². The van der Waals surface area contributed by atoms with E-state index in [1.54, 1.807) is 6.92 Å². The van der Waals surface area contributed by atoms with Crippen LogP contribution in [0.1, 0.15) is 26.7 Å². The molecule has 1 saturated heterocycles. The van der Waals surface area contributed by atoms with Crippen LogP contribution in [0.4, 0.5) is 0 Å². The summed E-state index contributed by atoms with van der Waals surface area (Å²) in [5.74, 6) is -1.91. The molecule has 96 valence electrons. The second-order valence-electron chi connectivity index (χ2n) is 5.97. The maximum absolute atomic E-state index is 11.7. The number of carbonyl (C=O) groups is 1. The van der Waals surface area contributed by atoms with Gasteiger partial charge >= 0.3 is 5.97 Å². The van der Waals surface area contributed by atoms with E-state index >= 15 is 0 Å². The van der Waals surface area contributed by atoms with Gasteiger partial charge in [0.05, 0.1) is 5.92 Å². The number of fused-ring (bicyclic) bond motifs is 2. The molecule has 3 heteroatoms. The Hall–Kier alpha value is -1.35. The maximum atomic E-state index is 11.7. The average molecular weight is 246 g/mol. The minimum Gasteiger partial charge on any atom is -0.429 e. The number of allylic oxidation sites excluding steroid dienone is 4. The van der Waals surface area contributed by atoms with E-state index in [4.69, 9.17) is 4.74 Å². The normalized spacial score (nSPS) is 46.3. The molecule has 1 heterocycles. The van der Waals surface area contributed by atoms with Crippen molar-refractivity contribution in [3.05, 3.63) is 36.0 Å². The topological polar surface area (TPSA) is 46.5 Å². The largest absolute Gasteiger partial charge is 0.429 e. The lowest BCUT2D eigenvalue weighted by atomic mass is 9.61. The van der Waals surface area contributed by atoms with Crippen LogP contribution in [0.5, 0.6) is 0 Å². The average Bonchev–Trinajstić information content (AvgIpc) is 2.46. The molecular weight excluding hydrogens is 228 g/mol. The molecule has 0 amide bonds. The molecule has 1 fully saturated rings. The highest BCUT2D eigenvalue weighted by Crippen LogP contribution is 2.54. The van der Waals surface area contributed by atoms with Gasteiger partial charge in [-0.15, -0.1) is 0 Å². The third-order valence-electron chi connectivity index (χ3n) is 4.54. The van der Waals surface area contributed by atoms with Crippen molar-refractivity contribution < 1.29 is 14.6 Å². The van der Waals surface area contributed by atoms with Gasteiger partial charge in [-0.2, -0.15) is 0 Å². The second-order valence-corrected chi connectivity index (χ2v) is 5.97. The van der Waals surface area contributed by atoms with Crippen LogP contribution in [0.3, 0.4) is 0 Å². The lowest BCUT2D eigenvalue weighted by Gasteiger charge is -2.45. The number of carbonyl (C=O) groups excluding carboxylic acids is 1. The first-order valence-corrected chi connectivity index (χ1v) is 6.38. The maximum Gasteiger partial charge on any atom is 0.315 e. The number of hydrogen-bond acceptors (Lipinski definition) is 3. The minimum atomic E-state index is -1.41. The summed E-state index contributed by atoms with van der Waals surface area (Å²) in [6, 6.07) is 0. The Bertz CT molecular complexity index is 502. The van der Waals surface area contributed by atoms with Crippen LogP contribution in [0.15, 0.2) is 36.0 Å². The summed E-state index contributed by atoms with van der Waals surface area (Å²) in [7, 11) is 0. The van der Waals surface area contributed by atoms with Gasteiger partial charge in [-0.25, -0.2) is 0 Å². The Morgan fingerprint density at radius 2 is 2.28 bits per heavy atom. The predicted molar refractivity (Wildman–Crippen MR) is 67.4 cm³/mol. The van der Waals surface area contributed by atoms with Crippen molar-refractivity contribution in [2.45, 2.75) is 32.5 Å². The zero-order valence-corrected chi connectivity index (χ0v) is 10.8. The monoisotopic (exact) mass is 246 g/mol. The summed E-state index contributed by atoms with van der Waals surface area (Å²) in [6.07, 6.45) is 7.49. The van der Waals surface area contributed by atoms with E-state index in [1.165, 1.54) is 0 Å². The highest BCUT2D eigenvalue weighted by atomic mass is 16.7. The van der Waals surface area contributed by atoms with Gasteiger partial charge in [0.15, 0.2) is 0 Å². The van der Waals surface area contributed by atoms with Gasteiger partial charge < -0.3 is 9.84 Å². The number of esters is 1. The van der Waals surface area contributed by atoms with Crippen LogP contribution in [-0.2, 0) is 9.53 Å². The van der Waals surface area contributed by atoms with Gasteiger partial charge in [-0.05, 0) is 13.3 Å². The summed E-state index contributed by atoms with van der Waals surface area (Å²) < 4.78 is 5.20. The second kappa shape index (κ2) is 3.35. The van der Waals surface area contributed by atoms with Crippen LogP contribution in [0.2, 0.25) is 0 Å². The van der Waals surface area contributed by atoms with Crippen LogP contribution in [-0.4, -0.2) is 16.9 Å². The fraction of sp³-hybridized carbons (Fsp3) is 0.533. The smallest absolute Gasteiger partial charge is 0.315 e. The number of hydrogen-bond donors (Lipinski definition) is 1. The van der Waals surface area contributed by atoms with Crippen molar-refractivity contribution >= 4 is 5.97 Å². The van der Waals surface area contributed by atoms with E-state index < -0.39 is 5.79 Å². The fourth-order valence-corrected chi connectivity index (χ4v) is 3.54. The lowest BCUT2D eigenvalue weighted by molar-refractivity contribution is -0.189. The van der Waals surface area contributed by atoms with Gasteiger partial charge in [0.25, 0.3) is 0 Å². The molecule has 1 N–H and O–H groups in total. The molecule has 0 unspecified atom stereocenters. The molecule has 1 aliphatic heterocycles. The molecule has 0 aromatic carbocycles.